The molecule has 188 valence electrons. The van der Waals surface area contributed by atoms with Crippen molar-refractivity contribution in [2.75, 3.05) is 25.6 Å². The number of ether oxygens (including phenoxy) is 5. The van der Waals surface area contributed by atoms with Crippen molar-refractivity contribution < 1.29 is 47.7 Å². The summed E-state index contributed by atoms with van der Waals surface area (Å²) in [5, 5.41) is 1.85. The largest absolute Gasteiger partial charge is 0.513 e. The lowest BCUT2D eigenvalue weighted by molar-refractivity contribution is -0.148. The van der Waals surface area contributed by atoms with Crippen molar-refractivity contribution in [3.05, 3.63) is 29.8 Å². The zero-order valence-corrected chi connectivity index (χ0v) is 19.2. The van der Waals surface area contributed by atoms with Gasteiger partial charge in [0.25, 0.3) is 0 Å². The van der Waals surface area contributed by atoms with Crippen molar-refractivity contribution in [1.82, 2.24) is 5.32 Å². The third-order valence-corrected chi connectivity index (χ3v) is 4.41. The minimum Gasteiger partial charge on any atom is -0.465 e. The van der Waals surface area contributed by atoms with Gasteiger partial charge in [-0.25, -0.2) is 14.4 Å². The average Bonchev–Trinajstić information content (AvgIpc) is 2.90. The van der Waals surface area contributed by atoms with Crippen molar-refractivity contribution >= 4 is 35.9 Å². The lowest BCUT2D eigenvalue weighted by Gasteiger charge is -2.13. The van der Waals surface area contributed by atoms with Crippen LogP contribution in [-0.4, -0.2) is 50.0 Å². The van der Waals surface area contributed by atoms with E-state index in [9.17, 15) is 24.0 Å². The fourth-order valence-electron chi connectivity index (χ4n) is 3.07. The second-order valence-electron chi connectivity index (χ2n) is 6.67. The van der Waals surface area contributed by atoms with Gasteiger partial charge in [-0.3, -0.25) is 14.9 Å². The Labute approximate surface area is 199 Å². The summed E-state index contributed by atoms with van der Waals surface area (Å²) in [6.45, 7) is 4.71. The molecule has 0 aromatic rings. The zero-order chi connectivity index (χ0) is 26.1. The lowest BCUT2D eigenvalue weighted by atomic mass is 10.00. The van der Waals surface area contributed by atoms with Crippen LogP contribution in [0, 0.1) is 0 Å². The van der Waals surface area contributed by atoms with Crippen LogP contribution in [0.25, 0.3) is 11.1 Å². The first-order valence-corrected chi connectivity index (χ1v) is 10.5. The van der Waals surface area contributed by atoms with Gasteiger partial charge in [-0.15, -0.1) is 0 Å². The molecule has 2 aliphatic rings. The van der Waals surface area contributed by atoms with Crippen LogP contribution in [0.4, 0.5) is 20.1 Å². The van der Waals surface area contributed by atoms with E-state index in [4.69, 9.17) is 35.2 Å². The molecule has 0 spiro atoms. The quantitative estimate of drug-likeness (QED) is 0.278. The molecule has 13 nitrogen and oxygen atoms in total. The monoisotopic (exact) mass is 491 g/mol. The van der Waals surface area contributed by atoms with Gasteiger partial charge in [0.15, 0.2) is 17.4 Å². The van der Waals surface area contributed by atoms with Crippen LogP contribution >= 0.6 is 0 Å². The minimum atomic E-state index is -1.57. The fraction of sp³-hybridized carbons (Fsp3) is 0.318. The average molecular weight is 491 g/mol. The molecule has 0 aromatic carbocycles. The summed E-state index contributed by atoms with van der Waals surface area (Å²) in [6, 6.07) is 4.27. The summed E-state index contributed by atoms with van der Waals surface area (Å²) in [4.78, 5) is 60.1. The number of primary amides is 1. The Balaban J connectivity index is 2.67. The van der Waals surface area contributed by atoms with Gasteiger partial charge in [-0.1, -0.05) is 24.3 Å². The van der Waals surface area contributed by atoms with Crippen LogP contribution in [0.15, 0.2) is 24.3 Å². The van der Waals surface area contributed by atoms with Gasteiger partial charge in [0.05, 0.1) is 19.8 Å². The first-order valence-electron chi connectivity index (χ1n) is 10.5. The summed E-state index contributed by atoms with van der Waals surface area (Å²) < 4.78 is 24.9. The number of nitrogen functional groups attached to an aromatic ring is 1. The molecule has 0 fully saturated rings. The van der Waals surface area contributed by atoms with E-state index in [1.165, 1.54) is 24.3 Å². The molecule has 35 heavy (non-hydrogen) atoms. The third kappa shape index (κ3) is 6.50. The SMILES string of the molecule is CCOC(=O)Oc1c2ccc(C(C(=O)NC(N)=O)C(=O)OCC)ccc-2c(OC(=O)OCC)c1N. The number of carbonyl (C=O) groups excluding carboxylic acids is 5. The summed E-state index contributed by atoms with van der Waals surface area (Å²) in [6.07, 6.45) is -2.13. The molecule has 2 rings (SSSR count). The van der Waals surface area contributed by atoms with Crippen molar-refractivity contribution in [2.45, 2.75) is 26.7 Å². The van der Waals surface area contributed by atoms with Gasteiger partial charge < -0.3 is 35.2 Å². The van der Waals surface area contributed by atoms with Crippen LogP contribution in [0.3, 0.4) is 0 Å². The van der Waals surface area contributed by atoms with Crippen molar-refractivity contribution in [2.24, 2.45) is 5.73 Å². The topological polar surface area (TPSA) is 196 Å². The van der Waals surface area contributed by atoms with E-state index >= 15 is 0 Å². The lowest BCUT2D eigenvalue weighted by Crippen LogP contribution is -2.41. The van der Waals surface area contributed by atoms with E-state index in [1.807, 2.05) is 5.32 Å². The normalized spacial score (nSPS) is 11.2. The Morgan fingerprint density at radius 3 is 1.66 bits per heavy atom. The van der Waals surface area contributed by atoms with Gasteiger partial charge in [-0.05, 0) is 26.3 Å². The van der Waals surface area contributed by atoms with E-state index in [1.54, 1.807) is 20.8 Å². The van der Waals surface area contributed by atoms with Gasteiger partial charge >= 0.3 is 24.3 Å². The van der Waals surface area contributed by atoms with Crippen molar-refractivity contribution in [1.29, 1.82) is 0 Å². The molecule has 5 N–H and O–H groups in total. The highest BCUT2D eigenvalue weighted by atomic mass is 16.7. The van der Waals surface area contributed by atoms with Crippen molar-refractivity contribution in [3.8, 4) is 22.6 Å². The van der Waals surface area contributed by atoms with Gasteiger partial charge in [0.2, 0.25) is 5.91 Å². The molecule has 0 saturated carbocycles. The number of hydrogen-bond donors (Lipinski definition) is 3. The first kappa shape index (κ1) is 26.7. The number of rotatable bonds is 8. The third-order valence-electron chi connectivity index (χ3n) is 4.41. The number of nitrogens with two attached hydrogens (primary N) is 2. The highest BCUT2D eigenvalue weighted by Gasteiger charge is 2.32. The number of esters is 1. The maximum Gasteiger partial charge on any atom is 0.513 e. The van der Waals surface area contributed by atoms with E-state index in [2.05, 4.69) is 0 Å². The van der Waals surface area contributed by atoms with Crippen LogP contribution in [0.2, 0.25) is 0 Å². The van der Waals surface area contributed by atoms with E-state index < -0.39 is 36.1 Å². The predicted molar refractivity (Wildman–Crippen MR) is 120 cm³/mol. The molecule has 0 radical (unpaired) electrons. The second-order valence-corrected chi connectivity index (χ2v) is 6.67. The smallest absolute Gasteiger partial charge is 0.465 e. The Morgan fingerprint density at radius 2 is 1.26 bits per heavy atom. The molecule has 13 heteroatoms. The minimum absolute atomic E-state index is 0.0255. The Morgan fingerprint density at radius 1 is 0.800 bits per heavy atom. The summed E-state index contributed by atoms with van der Waals surface area (Å²) in [5.41, 5.74) is 11.3. The summed E-state index contributed by atoms with van der Waals surface area (Å²) >= 11 is 0. The molecule has 0 aromatic heterocycles. The molecule has 0 bridgehead atoms. The van der Waals surface area contributed by atoms with E-state index in [0.29, 0.717) is 0 Å². The standard InChI is InChI=1S/C22H25N3O10/c1-4-31-19(27)14(18(26)25-20(24)28)11-7-9-12-13(10-8-11)17(35-22(30)33-6-3)15(23)16(12)34-21(29)32-5-2/h7-10,14H,4-6,23H2,1-3H3,(H3,24,25,26,28). The number of carbonyl (C=O) groups is 5. The molecule has 0 aliphatic heterocycles. The Bertz CT molecular complexity index is 1040. The molecular formula is C22H25N3O10. The number of hydrogen-bond acceptors (Lipinski definition) is 11. The fourth-order valence-corrected chi connectivity index (χ4v) is 3.07. The van der Waals surface area contributed by atoms with Crippen LogP contribution in [0.5, 0.6) is 11.5 Å². The number of nitrogens with one attached hydrogen (secondary N) is 1. The molecule has 3 amide bonds. The molecule has 1 unspecified atom stereocenters. The zero-order valence-electron chi connectivity index (χ0n) is 19.2. The number of anilines is 1. The number of fused-ring (bicyclic) bond motifs is 1. The molecule has 0 heterocycles. The first-order chi connectivity index (χ1) is 16.6. The maximum atomic E-state index is 12.5. The Hall–Kier alpha value is -4.55. The molecular weight excluding hydrogens is 466 g/mol. The highest BCUT2D eigenvalue weighted by molar-refractivity contribution is 6.08. The van der Waals surface area contributed by atoms with Crippen LogP contribution in [0.1, 0.15) is 32.3 Å². The highest BCUT2D eigenvalue weighted by Crippen LogP contribution is 2.50. The summed E-state index contributed by atoms with van der Waals surface area (Å²) in [5.74, 6) is -3.90. The maximum absolute atomic E-state index is 12.5. The number of imide groups is 1. The van der Waals surface area contributed by atoms with Gasteiger partial charge in [0.1, 0.15) is 5.69 Å². The number of urea groups is 1. The molecule has 0 saturated heterocycles. The number of amides is 3. The molecule has 2 aliphatic carbocycles. The van der Waals surface area contributed by atoms with Crippen molar-refractivity contribution in [3.63, 3.8) is 0 Å². The second kappa shape index (κ2) is 12.1. The predicted octanol–water partition coefficient (Wildman–Crippen LogP) is 2.29. The summed E-state index contributed by atoms with van der Waals surface area (Å²) in [7, 11) is 0. The Kier molecular flexibility index (Phi) is 9.20. The van der Waals surface area contributed by atoms with Gasteiger partial charge in [-0.2, -0.15) is 0 Å². The van der Waals surface area contributed by atoms with Crippen LogP contribution < -0.4 is 26.3 Å². The van der Waals surface area contributed by atoms with Gasteiger partial charge in [0, 0.05) is 11.1 Å². The van der Waals surface area contributed by atoms with E-state index in [0.717, 1.165) is 0 Å². The van der Waals surface area contributed by atoms with E-state index in [-0.39, 0.29) is 53.7 Å². The molecule has 1 atom stereocenters. The van der Waals surface area contributed by atoms with Crippen LogP contribution in [-0.2, 0) is 23.8 Å².